The van der Waals surface area contributed by atoms with Crippen molar-refractivity contribution in [3.8, 4) is 0 Å². The van der Waals surface area contributed by atoms with E-state index in [1.165, 1.54) is 27.1 Å². The molecular weight excluding hydrogens is 410 g/mol. The van der Waals surface area contributed by atoms with Crippen LogP contribution in [0.1, 0.15) is 23.3 Å². The first-order valence-corrected chi connectivity index (χ1v) is 9.81. The van der Waals surface area contributed by atoms with E-state index in [1.54, 1.807) is 0 Å². The Hall–Kier alpha value is -0.160. The average Bonchev–Trinajstić information content (AvgIpc) is 3.21. The molecule has 1 unspecified atom stereocenters. The maximum absolute atomic E-state index is 3.70. The standard InChI is InChI=1S/C17H19Br2NS/c18-14-3-1-12(2-4-14)9-13(11-20-15-5-6-15)10-16-7-8-17(19)21-16/h1-4,7-8,13,15,20H,5-6,9-11H2. The topological polar surface area (TPSA) is 12.0 Å². The molecule has 0 radical (unpaired) electrons. The Bertz CT molecular complexity index is 575. The highest BCUT2D eigenvalue weighted by molar-refractivity contribution is 9.11. The van der Waals surface area contributed by atoms with Crippen molar-refractivity contribution in [1.29, 1.82) is 0 Å². The highest BCUT2D eigenvalue weighted by atomic mass is 79.9. The van der Waals surface area contributed by atoms with E-state index in [4.69, 9.17) is 0 Å². The van der Waals surface area contributed by atoms with Crippen LogP contribution in [-0.4, -0.2) is 12.6 Å². The number of halogens is 2. The number of nitrogens with one attached hydrogen (secondary N) is 1. The summed E-state index contributed by atoms with van der Waals surface area (Å²) in [6.45, 7) is 1.12. The van der Waals surface area contributed by atoms with Crippen LogP contribution in [0.2, 0.25) is 0 Å². The van der Waals surface area contributed by atoms with Crippen LogP contribution >= 0.6 is 43.2 Å². The zero-order valence-corrected chi connectivity index (χ0v) is 15.8. The summed E-state index contributed by atoms with van der Waals surface area (Å²) in [4.78, 5) is 1.47. The minimum absolute atomic E-state index is 0.664. The van der Waals surface area contributed by atoms with Gasteiger partial charge in [-0.05, 0) is 83.9 Å². The molecule has 21 heavy (non-hydrogen) atoms. The van der Waals surface area contributed by atoms with Gasteiger partial charge in [0.25, 0.3) is 0 Å². The van der Waals surface area contributed by atoms with Crippen LogP contribution < -0.4 is 5.32 Å². The number of benzene rings is 1. The van der Waals surface area contributed by atoms with E-state index < -0.39 is 0 Å². The molecule has 0 spiro atoms. The summed E-state index contributed by atoms with van der Waals surface area (Å²) < 4.78 is 2.39. The first kappa shape index (κ1) is 15.7. The predicted octanol–water partition coefficient (Wildman–Crippen LogP) is 5.43. The summed E-state index contributed by atoms with van der Waals surface area (Å²) in [5.74, 6) is 0.664. The van der Waals surface area contributed by atoms with Crippen LogP contribution in [0, 0.1) is 5.92 Å². The minimum atomic E-state index is 0.664. The normalized spacial score (nSPS) is 16.1. The molecule has 1 aromatic carbocycles. The van der Waals surface area contributed by atoms with Gasteiger partial charge in [0.1, 0.15) is 0 Å². The van der Waals surface area contributed by atoms with Crippen molar-refractivity contribution in [1.82, 2.24) is 5.32 Å². The lowest BCUT2D eigenvalue weighted by Crippen LogP contribution is -2.27. The molecule has 1 aromatic heterocycles. The maximum atomic E-state index is 3.70. The van der Waals surface area contributed by atoms with Gasteiger partial charge in [-0.2, -0.15) is 0 Å². The number of hydrogen-bond acceptors (Lipinski definition) is 2. The highest BCUT2D eigenvalue weighted by Gasteiger charge is 2.22. The van der Waals surface area contributed by atoms with E-state index in [9.17, 15) is 0 Å². The van der Waals surface area contributed by atoms with Crippen molar-refractivity contribution >= 4 is 43.2 Å². The lowest BCUT2D eigenvalue weighted by Gasteiger charge is -2.17. The first-order chi connectivity index (χ1) is 10.2. The molecule has 1 aliphatic rings. The SMILES string of the molecule is Brc1ccc(CC(CNC2CC2)Cc2ccc(Br)s2)cc1. The Labute approximate surface area is 147 Å². The fraction of sp³-hybridized carbons (Fsp3) is 0.412. The molecule has 0 saturated heterocycles. The third-order valence-electron chi connectivity index (χ3n) is 3.83. The molecule has 1 aliphatic carbocycles. The largest absolute Gasteiger partial charge is 0.314 e. The molecule has 0 bridgehead atoms. The average molecular weight is 429 g/mol. The predicted molar refractivity (Wildman–Crippen MR) is 98.1 cm³/mol. The van der Waals surface area contributed by atoms with Gasteiger partial charge in [0.05, 0.1) is 3.79 Å². The molecule has 0 amide bonds. The summed E-state index contributed by atoms with van der Waals surface area (Å²) in [6, 6.07) is 13.9. The quantitative estimate of drug-likeness (QED) is 0.620. The summed E-state index contributed by atoms with van der Waals surface area (Å²) in [5.41, 5.74) is 1.43. The van der Waals surface area contributed by atoms with E-state index in [0.29, 0.717) is 5.92 Å². The lowest BCUT2D eigenvalue weighted by atomic mass is 9.95. The van der Waals surface area contributed by atoms with Crippen LogP contribution in [0.5, 0.6) is 0 Å². The Balaban J connectivity index is 1.63. The molecule has 3 rings (SSSR count). The molecule has 1 atom stereocenters. The highest BCUT2D eigenvalue weighted by Crippen LogP contribution is 2.26. The monoisotopic (exact) mass is 427 g/mol. The summed E-state index contributed by atoms with van der Waals surface area (Å²) in [5, 5.41) is 3.70. The van der Waals surface area contributed by atoms with Crippen molar-refractivity contribution in [2.24, 2.45) is 5.92 Å². The summed E-state index contributed by atoms with van der Waals surface area (Å²) in [7, 11) is 0. The second-order valence-corrected chi connectivity index (χ2v) is 9.25. The van der Waals surface area contributed by atoms with Crippen molar-refractivity contribution in [2.75, 3.05) is 6.54 Å². The second kappa shape index (κ2) is 7.40. The fourth-order valence-corrected chi connectivity index (χ4v) is 4.40. The molecule has 1 saturated carbocycles. The van der Waals surface area contributed by atoms with E-state index >= 15 is 0 Å². The molecule has 1 fully saturated rings. The Morgan fingerprint density at radius 3 is 2.43 bits per heavy atom. The van der Waals surface area contributed by atoms with Crippen LogP contribution in [0.3, 0.4) is 0 Å². The fourth-order valence-electron chi connectivity index (χ4n) is 2.54. The minimum Gasteiger partial charge on any atom is -0.314 e. The maximum Gasteiger partial charge on any atom is 0.0701 e. The smallest absolute Gasteiger partial charge is 0.0701 e. The van der Waals surface area contributed by atoms with Crippen molar-refractivity contribution in [2.45, 2.75) is 31.7 Å². The Morgan fingerprint density at radius 2 is 1.81 bits per heavy atom. The van der Waals surface area contributed by atoms with Crippen LogP contribution in [0.15, 0.2) is 44.7 Å². The second-order valence-electron chi connectivity index (χ2n) is 5.79. The molecule has 1 nitrogen and oxygen atoms in total. The molecule has 2 aromatic rings. The summed E-state index contributed by atoms with van der Waals surface area (Å²) in [6.07, 6.45) is 5.01. The van der Waals surface area contributed by atoms with Gasteiger partial charge in [-0.1, -0.05) is 28.1 Å². The van der Waals surface area contributed by atoms with E-state index in [-0.39, 0.29) is 0 Å². The third kappa shape index (κ3) is 5.20. The molecule has 1 N–H and O–H groups in total. The zero-order valence-electron chi connectivity index (χ0n) is 11.8. The zero-order chi connectivity index (χ0) is 14.7. The van der Waals surface area contributed by atoms with Crippen molar-refractivity contribution < 1.29 is 0 Å². The molecule has 1 heterocycles. The van der Waals surface area contributed by atoms with Gasteiger partial charge in [0.15, 0.2) is 0 Å². The molecule has 0 aliphatic heterocycles. The summed E-state index contributed by atoms with van der Waals surface area (Å²) >= 11 is 8.94. The molecule has 4 heteroatoms. The van der Waals surface area contributed by atoms with Gasteiger partial charge in [-0.15, -0.1) is 11.3 Å². The van der Waals surface area contributed by atoms with E-state index in [0.717, 1.165) is 29.9 Å². The number of rotatable bonds is 7. The van der Waals surface area contributed by atoms with Gasteiger partial charge >= 0.3 is 0 Å². The Kier molecular flexibility index (Phi) is 5.54. The van der Waals surface area contributed by atoms with Crippen LogP contribution in [-0.2, 0) is 12.8 Å². The number of thiophene rings is 1. The van der Waals surface area contributed by atoms with Crippen LogP contribution in [0.4, 0.5) is 0 Å². The Morgan fingerprint density at radius 1 is 1.05 bits per heavy atom. The third-order valence-corrected chi connectivity index (χ3v) is 6.00. The first-order valence-electron chi connectivity index (χ1n) is 7.41. The van der Waals surface area contributed by atoms with Crippen molar-refractivity contribution in [3.63, 3.8) is 0 Å². The van der Waals surface area contributed by atoms with Gasteiger partial charge in [0, 0.05) is 15.4 Å². The van der Waals surface area contributed by atoms with Gasteiger partial charge in [-0.3, -0.25) is 0 Å². The van der Waals surface area contributed by atoms with Crippen LogP contribution in [0.25, 0.3) is 0 Å². The van der Waals surface area contributed by atoms with E-state index in [1.807, 2.05) is 11.3 Å². The van der Waals surface area contributed by atoms with Crippen molar-refractivity contribution in [3.05, 3.63) is 55.1 Å². The van der Waals surface area contributed by atoms with Gasteiger partial charge in [-0.25, -0.2) is 0 Å². The van der Waals surface area contributed by atoms with Gasteiger partial charge in [0.2, 0.25) is 0 Å². The van der Waals surface area contributed by atoms with E-state index in [2.05, 4.69) is 73.6 Å². The van der Waals surface area contributed by atoms with Gasteiger partial charge < -0.3 is 5.32 Å². The molecule has 112 valence electrons. The number of hydrogen-bond donors (Lipinski definition) is 1. The molecular formula is C17H19Br2NS. The lowest BCUT2D eigenvalue weighted by molar-refractivity contribution is 0.471.